The highest BCUT2D eigenvalue weighted by molar-refractivity contribution is 7.99. The van der Waals surface area contributed by atoms with Gasteiger partial charge in [0.05, 0.1) is 0 Å². The summed E-state index contributed by atoms with van der Waals surface area (Å²) in [5, 5.41) is 12.9. The summed E-state index contributed by atoms with van der Waals surface area (Å²) in [6.45, 7) is 3.10. The van der Waals surface area contributed by atoms with Crippen LogP contribution in [0.25, 0.3) is 0 Å². The van der Waals surface area contributed by atoms with Gasteiger partial charge in [-0.3, -0.25) is 0 Å². The van der Waals surface area contributed by atoms with Crippen LogP contribution >= 0.6 is 23.4 Å². The summed E-state index contributed by atoms with van der Waals surface area (Å²) in [5.74, 6) is 1.25. The lowest BCUT2D eigenvalue weighted by Crippen LogP contribution is -2.07. The molecule has 1 aromatic carbocycles. The maximum atomic E-state index is 8.98. The van der Waals surface area contributed by atoms with E-state index in [9.17, 15) is 0 Å². The zero-order valence-electron chi connectivity index (χ0n) is 9.66. The largest absolute Gasteiger partial charge is 0.396 e. The molecule has 0 aliphatic carbocycles. The molecule has 0 fully saturated rings. The van der Waals surface area contributed by atoms with Crippen LogP contribution in [0, 0.1) is 5.92 Å². The fourth-order valence-corrected chi connectivity index (χ4v) is 2.55. The number of hydrogen-bond acceptors (Lipinski definition) is 3. The van der Waals surface area contributed by atoms with Crippen molar-refractivity contribution in [1.82, 2.24) is 5.32 Å². The molecule has 0 aliphatic heterocycles. The van der Waals surface area contributed by atoms with Gasteiger partial charge < -0.3 is 10.4 Å². The molecule has 0 radical (unpaired) electrons. The molecule has 0 heterocycles. The number of aliphatic hydroxyl groups is 1. The lowest BCUT2D eigenvalue weighted by atomic mass is 10.2. The van der Waals surface area contributed by atoms with Crippen molar-refractivity contribution in [3.8, 4) is 0 Å². The third-order valence-corrected chi connectivity index (χ3v) is 3.90. The number of hydrogen-bond donors (Lipinski definition) is 2. The van der Waals surface area contributed by atoms with Crippen molar-refractivity contribution in [2.75, 3.05) is 19.4 Å². The molecule has 2 nitrogen and oxygen atoms in total. The van der Waals surface area contributed by atoms with Gasteiger partial charge >= 0.3 is 0 Å². The first-order valence-corrected chi connectivity index (χ1v) is 6.70. The van der Waals surface area contributed by atoms with E-state index in [2.05, 4.69) is 5.32 Å². The molecule has 0 aromatic heterocycles. The van der Waals surface area contributed by atoms with E-state index in [1.807, 2.05) is 32.2 Å². The minimum atomic E-state index is 0.238. The Morgan fingerprint density at radius 1 is 1.50 bits per heavy atom. The predicted octanol–water partition coefficient (Wildman–Crippen LogP) is 2.78. The SMILES string of the molecule is CNCc1cc(Cl)ccc1SCC(C)CO. The van der Waals surface area contributed by atoms with Crippen molar-refractivity contribution in [1.29, 1.82) is 0 Å². The molecular formula is C12H18ClNOS. The Morgan fingerprint density at radius 3 is 2.88 bits per heavy atom. The second-order valence-electron chi connectivity index (χ2n) is 3.88. The maximum Gasteiger partial charge on any atom is 0.0464 e. The van der Waals surface area contributed by atoms with Crippen LogP contribution in [-0.2, 0) is 6.54 Å². The second-order valence-corrected chi connectivity index (χ2v) is 5.38. The molecule has 0 amide bonds. The fraction of sp³-hybridized carbons (Fsp3) is 0.500. The van der Waals surface area contributed by atoms with Gasteiger partial charge in [0, 0.05) is 28.8 Å². The van der Waals surface area contributed by atoms with Crippen LogP contribution in [0.5, 0.6) is 0 Å². The Kier molecular flexibility index (Phi) is 6.21. The van der Waals surface area contributed by atoms with E-state index in [4.69, 9.17) is 16.7 Å². The molecule has 0 aliphatic rings. The van der Waals surface area contributed by atoms with Crippen molar-refractivity contribution in [2.24, 2.45) is 5.92 Å². The molecule has 0 saturated heterocycles. The van der Waals surface area contributed by atoms with Crippen molar-refractivity contribution in [2.45, 2.75) is 18.4 Å². The number of halogens is 1. The first-order chi connectivity index (χ1) is 7.67. The number of nitrogens with one attached hydrogen (secondary N) is 1. The van der Waals surface area contributed by atoms with Crippen molar-refractivity contribution >= 4 is 23.4 Å². The Bertz CT molecular complexity index is 333. The van der Waals surface area contributed by atoms with Gasteiger partial charge in [-0.05, 0) is 36.7 Å². The fourth-order valence-electron chi connectivity index (χ4n) is 1.30. The van der Waals surface area contributed by atoms with Crippen LogP contribution in [0.2, 0.25) is 5.02 Å². The highest BCUT2D eigenvalue weighted by Gasteiger charge is 2.06. The molecule has 0 bridgehead atoms. The predicted molar refractivity (Wildman–Crippen MR) is 71.2 cm³/mol. The van der Waals surface area contributed by atoms with Crippen LogP contribution in [0.3, 0.4) is 0 Å². The summed E-state index contributed by atoms with van der Waals surface area (Å²) >= 11 is 7.74. The van der Waals surface area contributed by atoms with E-state index < -0.39 is 0 Å². The molecule has 16 heavy (non-hydrogen) atoms. The second kappa shape index (κ2) is 7.17. The van der Waals surface area contributed by atoms with Crippen molar-refractivity contribution < 1.29 is 5.11 Å². The van der Waals surface area contributed by atoms with Crippen LogP contribution < -0.4 is 5.32 Å². The summed E-state index contributed by atoms with van der Waals surface area (Å²) in [6.07, 6.45) is 0. The quantitative estimate of drug-likeness (QED) is 0.771. The smallest absolute Gasteiger partial charge is 0.0464 e. The van der Waals surface area contributed by atoms with Crippen LogP contribution in [0.15, 0.2) is 23.1 Å². The van der Waals surface area contributed by atoms with Gasteiger partial charge in [-0.2, -0.15) is 0 Å². The Morgan fingerprint density at radius 2 is 2.25 bits per heavy atom. The molecule has 2 N–H and O–H groups in total. The average molecular weight is 260 g/mol. The molecule has 1 atom stereocenters. The van der Waals surface area contributed by atoms with Gasteiger partial charge in [0.25, 0.3) is 0 Å². The first-order valence-electron chi connectivity index (χ1n) is 5.34. The van der Waals surface area contributed by atoms with Gasteiger partial charge in [0.15, 0.2) is 0 Å². The molecule has 1 aromatic rings. The summed E-state index contributed by atoms with van der Waals surface area (Å²) in [7, 11) is 1.92. The molecule has 90 valence electrons. The summed E-state index contributed by atoms with van der Waals surface area (Å²) in [5.41, 5.74) is 1.21. The number of rotatable bonds is 6. The standard InChI is InChI=1S/C12H18ClNOS/c1-9(7-15)8-16-12-4-3-11(13)5-10(12)6-14-2/h3-5,9,14-15H,6-8H2,1-2H3. The van der Waals surface area contributed by atoms with E-state index in [1.165, 1.54) is 10.5 Å². The first kappa shape index (κ1) is 13.8. The van der Waals surface area contributed by atoms with E-state index >= 15 is 0 Å². The summed E-state index contributed by atoms with van der Waals surface area (Å²) < 4.78 is 0. The minimum Gasteiger partial charge on any atom is -0.396 e. The molecule has 0 saturated carbocycles. The molecular weight excluding hydrogens is 242 g/mol. The average Bonchev–Trinajstić information content (AvgIpc) is 2.28. The van der Waals surface area contributed by atoms with E-state index in [-0.39, 0.29) is 6.61 Å². The van der Waals surface area contributed by atoms with E-state index in [1.54, 1.807) is 11.8 Å². The zero-order chi connectivity index (χ0) is 12.0. The van der Waals surface area contributed by atoms with Crippen molar-refractivity contribution in [3.05, 3.63) is 28.8 Å². The Labute approximate surface area is 106 Å². The van der Waals surface area contributed by atoms with Crippen LogP contribution in [-0.4, -0.2) is 24.5 Å². The summed E-state index contributed by atoms with van der Waals surface area (Å²) in [6, 6.07) is 5.94. The molecule has 0 spiro atoms. The monoisotopic (exact) mass is 259 g/mol. The normalized spacial score (nSPS) is 12.8. The van der Waals surface area contributed by atoms with Crippen LogP contribution in [0.1, 0.15) is 12.5 Å². The summed E-state index contributed by atoms with van der Waals surface area (Å²) in [4.78, 5) is 1.24. The third kappa shape index (κ3) is 4.34. The zero-order valence-corrected chi connectivity index (χ0v) is 11.2. The highest BCUT2D eigenvalue weighted by atomic mass is 35.5. The van der Waals surface area contributed by atoms with Gasteiger partial charge in [0.2, 0.25) is 0 Å². The van der Waals surface area contributed by atoms with Gasteiger partial charge in [-0.15, -0.1) is 11.8 Å². The number of thioether (sulfide) groups is 1. The number of aliphatic hydroxyl groups excluding tert-OH is 1. The lowest BCUT2D eigenvalue weighted by Gasteiger charge is -2.11. The maximum absolute atomic E-state index is 8.98. The topological polar surface area (TPSA) is 32.3 Å². The Balaban J connectivity index is 2.70. The van der Waals surface area contributed by atoms with E-state index in [0.29, 0.717) is 5.92 Å². The Hall–Kier alpha value is -0.220. The van der Waals surface area contributed by atoms with Gasteiger partial charge in [0.1, 0.15) is 0 Å². The number of benzene rings is 1. The van der Waals surface area contributed by atoms with Crippen molar-refractivity contribution in [3.63, 3.8) is 0 Å². The minimum absolute atomic E-state index is 0.238. The highest BCUT2D eigenvalue weighted by Crippen LogP contribution is 2.27. The molecule has 1 unspecified atom stereocenters. The lowest BCUT2D eigenvalue weighted by molar-refractivity contribution is 0.250. The van der Waals surface area contributed by atoms with E-state index in [0.717, 1.165) is 17.3 Å². The van der Waals surface area contributed by atoms with Crippen LogP contribution in [0.4, 0.5) is 0 Å². The van der Waals surface area contributed by atoms with Gasteiger partial charge in [-0.1, -0.05) is 18.5 Å². The molecule has 1 rings (SSSR count). The molecule has 4 heteroatoms. The van der Waals surface area contributed by atoms with Gasteiger partial charge in [-0.25, -0.2) is 0 Å². The third-order valence-electron chi connectivity index (χ3n) is 2.22.